The second-order valence-corrected chi connectivity index (χ2v) is 7.89. The Morgan fingerprint density at radius 1 is 1.00 bits per heavy atom. The number of piperazine rings is 1. The molecule has 0 atom stereocenters. The zero-order chi connectivity index (χ0) is 20.4. The van der Waals surface area contributed by atoms with Gasteiger partial charge in [-0.3, -0.25) is 9.59 Å². The van der Waals surface area contributed by atoms with Crippen molar-refractivity contribution in [3.8, 4) is 5.75 Å². The number of hydrogen-bond acceptors (Lipinski definition) is 4. The molecule has 1 saturated carbocycles. The monoisotopic (exact) mass is 393 g/mol. The normalized spacial score (nSPS) is 17.6. The molecule has 0 spiro atoms. The summed E-state index contributed by atoms with van der Waals surface area (Å²) in [6.07, 6.45) is 1.22. The van der Waals surface area contributed by atoms with Gasteiger partial charge in [0, 0.05) is 43.6 Å². The predicted octanol–water partition coefficient (Wildman–Crippen LogP) is 3.07. The van der Waals surface area contributed by atoms with Crippen LogP contribution < -0.4 is 15.0 Å². The molecule has 6 heteroatoms. The van der Waals surface area contributed by atoms with Gasteiger partial charge in [0.15, 0.2) is 0 Å². The number of amides is 2. The van der Waals surface area contributed by atoms with Crippen molar-refractivity contribution in [3.05, 3.63) is 54.1 Å². The Hall–Kier alpha value is -3.02. The van der Waals surface area contributed by atoms with Crippen LogP contribution in [-0.4, -0.2) is 50.0 Å². The van der Waals surface area contributed by atoms with Crippen LogP contribution in [0.5, 0.6) is 5.75 Å². The summed E-state index contributed by atoms with van der Waals surface area (Å²) in [7, 11) is 1.59. The topological polar surface area (TPSA) is 61.9 Å². The van der Waals surface area contributed by atoms with Crippen molar-refractivity contribution in [2.75, 3.05) is 43.5 Å². The summed E-state index contributed by atoms with van der Waals surface area (Å²) in [6, 6.07) is 15.6. The molecule has 4 rings (SSSR count). The van der Waals surface area contributed by atoms with Crippen molar-refractivity contribution in [1.29, 1.82) is 0 Å². The molecule has 1 saturated heterocycles. The molecule has 0 radical (unpaired) electrons. The van der Waals surface area contributed by atoms with Crippen molar-refractivity contribution in [2.24, 2.45) is 5.41 Å². The lowest BCUT2D eigenvalue weighted by molar-refractivity contribution is -0.142. The molecule has 1 aliphatic carbocycles. The first-order chi connectivity index (χ1) is 14.0. The van der Waals surface area contributed by atoms with Gasteiger partial charge in [0.2, 0.25) is 11.8 Å². The summed E-state index contributed by atoms with van der Waals surface area (Å²) in [4.78, 5) is 30.2. The molecule has 1 heterocycles. The third kappa shape index (κ3) is 3.92. The second-order valence-electron chi connectivity index (χ2n) is 7.89. The molecule has 0 bridgehead atoms. The van der Waals surface area contributed by atoms with E-state index >= 15 is 0 Å². The first-order valence-electron chi connectivity index (χ1n) is 10.1. The second kappa shape index (κ2) is 7.78. The highest BCUT2D eigenvalue weighted by molar-refractivity contribution is 6.13. The van der Waals surface area contributed by atoms with Crippen LogP contribution in [-0.2, 0) is 9.59 Å². The Kier molecular flexibility index (Phi) is 5.18. The molecular weight excluding hydrogens is 366 g/mol. The molecule has 2 aromatic carbocycles. The Balaban J connectivity index is 1.38. The van der Waals surface area contributed by atoms with Crippen LogP contribution in [0.3, 0.4) is 0 Å². The Labute approximate surface area is 171 Å². The minimum absolute atomic E-state index is 0.0400. The molecule has 2 fully saturated rings. The third-order valence-electron chi connectivity index (χ3n) is 5.86. The minimum atomic E-state index is -0.908. The van der Waals surface area contributed by atoms with Gasteiger partial charge in [-0.2, -0.15) is 0 Å². The molecule has 2 aliphatic rings. The number of aryl methyl sites for hydroxylation is 1. The highest BCUT2D eigenvalue weighted by Crippen LogP contribution is 2.48. The van der Waals surface area contributed by atoms with Crippen LogP contribution in [0, 0.1) is 12.3 Å². The predicted molar refractivity (Wildman–Crippen MR) is 113 cm³/mol. The maximum absolute atomic E-state index is 13.2. The number of anilines is 2. The number of rotatable bonds is 5. The van der Waals surface area contributed by atoms with E-state index in [9.17, 15) is 9.59 Å². The maximum Gasteiger partial charge on any atom is 0.240 e. The summed E-state index contributed by atoms with van der Waals surface area (Å²) in [5, 5.41) is 2.90. The van der Waals surface area contributed by atoms with E-state index in [1.54, 1.807) is 13.2 Å². The van der Waals surface area contributed by atoms with Crippen molar-refractivity contribution in [1.82, 2.24) is 4.90 Å². The fraction of sp³-hybridized carbons (Fsp3) is 0.391. The van der Waals surface area contributed by atoms with E-state index in [1.807, 2.05) is 23.1 Å². The Bertz CT molecular complexity index is 915. The van der Waals surface area contributed by atoms with Crippen molar-refractivity contribution < 1.29 is 14.3 Å². The number of nitrogens with one attached hydrogen (secondary N) is 1. The van der Waals surface area contributed by atoms with Gasteiger partial charge in [0.1, 0.15) is 11.2 Å². The number of methoxy groups -OCH3 is 1. The summed E-state index contributed by atoms with van der Waals surface area (Å²) in [6.45, 7) is 4.93. The van der Waals surface area contributed by atoms with Gasteiger partial charge in [-0.05, 0) is 49.6 Å². The minimum Gasteiger partial charge on any atom is -0.497 e. The van der Waals surface area contributed by atoms with Crippen molar-refractivity contribution >= 4 is 23.2 Å². The van der Waals surface area contributed by atoms with Crippen LogP contribution >= 0.6 is 0 Å². The quantitative estimate of drug-likeness (QED) is 0.793. The lowest BCUT2D eigenvalue weighted by Crippen LogP contribution is -2.52. The summed E-state index contributed by atoms with van der Waals surface area (Å²) in [5.74, 6) is 0.421. The molecule has 6 nitrogen and oxygen atoms in total. The maximum atomic E-state index is 13.2. The van der Waals surface area contributed by atoms with Crippen LogP contribution in [0.25, 0.3) is 0 Å². The summed E-state index contributed by atoms with van der Waals surface area (Å²) in [5.41, 5.74) is 2.16. The van der Waals surface area contributed by atoms with Gasteiger partial charge < -0.3 is 19.9 Å². The van der Waals surface area contributed by atoms with Crippen molar-refractivity contribution in [2.45, 2.75) is 19.8 Å². The van der Waals surface area contributed by atoms with Crippen LogP contribution in [0.15, 0.2) is 48.5 Å². The lowest BCUT2D eigenvalue weighted by atomic mass is 10.0. The van der Waals surface area contributed by atoms with Gasteiger partial charge in [-0.1, -0.05) is 18.2 Å². The van der Waals surface area contributed by atoms with E-state index in [2.05, 4.69) is 41.4 Å². The molecule has 152 valence electrons. The van der Waals surface area contributed by atoms with Gasteiger partial charge >= 0.3 is 0 Å². The average Bonchev–Trinajstić information content (AvgIpc) is 3.56. The van der Waals surface area contributed by atoms with E-state index in [-0.39, 0.29) is 11.8 Å². The molecule has 2 amide bonds. The van der Waals surface area contributed by atoms with E-state index in [1.165, 1.54) is 11.3 Å². The van der Waals surface area contributed by atoms with E-state index in [0.717, 1.165) is 13.1 Å². The van der Waals surface area contributed by atoms with E-state index in [4.69, 9.17) is 4.74 Å². The Morgan fingerprint density at radius 3 is 2.38 bits per heavy atom. The fourth-order valence-corrected chi connectivity index (χ4v) is 3.91. The van der Waals surface area contributed by atoms with E-state index < -0.39 is 5.41 Å². The molecule has 1 aliphatic heterocycles. The highest BCUT2D eigenvalue weighted by atomic mass is 16.5. The van der Waals surface area contributed by atoms with Crippen molar-refractivity contribution in [3.63, 3.8) is 0 Å². The number of hydrogen-bond donors (Lipinski definition) is 1. The van der Waals surface area contributed by atoms with Crippen LogP contribution in [0.4, 0.5) is 11.4 Å². The fourth-order valence-electron chi connectivity index (χ4n) is 3.91. The number of carbonyl (C=O) groups is 2. The molecule has 0 aromatic heterocycles. The third-order valence-corrected chi connectivity index (χ3v) is 5.86. The van der Waals surface area contributed by atoms with Gasteiger partial charge in [-0.15, -0.1) is 0 Å². The number of ether oxygens (including phenoxy) is 1. The standard InChI is InChI=1S/C23H27N3O3/c1-17-5-3-7-19(15-17)25-11-13-26(14-12-25)22(28)23(9-10-23)21(27)24-18-6-4-8-20(16-18)29-2/h3-8,15-16H,9-14H2,1-2H3,(H,24,27). The van der Waals surface area contributed by atoms with E-state index in [0.29, 0.717) is 37.4 Å². The SMILES string of the molecule is COc1cccc(NC(=O)C2(C(=O)N3CCN(c4cccc(C)c4)CC3)CC2)c1. The number of benzene rings is 2. The van der Waals surface area contributed by atoms with Gasteiger partial charge in [0.05, 0.1) is 7.11 Å². The van der Waals surface area contributed by atoms with Crippen LogP contribution in [0.1, 0.15) is 18.4 Å². The molecular formula is C23H27N3O3. The first-order valence-corrected chi connectivity index (χ1v) is 10.1. The lowest BCUT2D eigenvalue weighted by Gasteiger charge is -2.37. The number of nitrogens with zero attached hydrogens (tertiary/aromatic N) is 2. The largest absolute Gasteiger partial charge is 0.497 e. The Morgan fingerprint density at radius 2 is 1.72 bits per heavy atom. The zero-order valence-corrected chi connectivity index (χ0v) is 17.0. The highest BCUT2D eigenvalue weighted by Gasteiger charge is 2.58. The van der Waals surface area contributed by atoms with Gasteiger partial charge in [-0.25, -0.2) is 0 Å². The molecule has 1 N–H and O–H groups in total. The molecule has 29 heavy (non-hydrogen) atoms. The summed E-state index contributed by atoms with van der Waals surface area (Å²) < 4.78 is 5.20. The average molecular weight is 393 g/mol. The number of carbonyl (C=O) groups excluding carboxylic acids is 2. The zero-order valence-electron chi connectivity index (χ0n) is 17.0. The molecule has 0 unspecified atom stereocenters. The van der Waals surface area contributed by atoms with Gasteiger partial charge in [0.25, 0.3) is 0 Å². The smallest absolute Gasteiger partial charge is 0.240 e. The van der Waals surface area contributed by atoms with Crippen LogP contribution in [0.2, 0.25) is 0 Å². The molecule has 2 aromatic rings. The summed E-state index contributed by atoms with van der Waals surface area (Å²) >= 11 is 0. The first kappa shape index (κ1) is 19.3.